The van der Waals surface area contributed by atoms with E-state index in [1.807, 2.05) is 11.8 Å². The zero-order valence-electron chi connectivity index (χ0n) is 17.1. The number of ether oxygens (including phenoxy) is 1. The maximum Gasteiger partial charge on any atom is 0.317 e. The second kappa shape index (κ2) is 8.78. The predicted molar refractivity (Wildman–Crippen MR) is 106 cm³/mol. The van der Waals surface area contributed by atoms with Crippen LogP contribution in [0.1, 0.15) is 69.1 Å². The highest BCUT2D eigenvalue weighted by molar-refractivity contribution is 5.74. The molecule has 2 amide bonds. The van der Waals surface area contributed by atoms with Gasteiger partial charge in [-0.1, -0.05) is 25.7 Å². The number of carbonyl (C=O) groups excluding carboxylic acids is 1. The van der Waals surface area contributed by atoms with Crippen molar-refractivity contribution in [3.8, 4) is 0 Å². The van der Waals surface area contributed by atoms with Crippen molar-refractivity contribution in [2.45, 2.75) is 69.9 Å². The van der Waals surface area contributed by atoms with Gasteiger partial charge in [0.1, 0.15) is 11.9 Å². The predicted octanol–water partition coefficient (Wildman–Crippen LogP) is 2.38. The Morgan fingerprint density at radius 2 is 1.93 bits per heavy atom. The summed E-state index contributed by atoms with van der Waals surface area (Å²) in [7, 11) is 0. The zero-order chi connectivity index (χ0) is 19.4. The lowest BCUT2D eigenvalue weighted by Crippen LogP contribution is -2.59. The molecule has 8 nitrogen and oxygen atoms in total. The van der Waals surface area contributed by atoms with Crippen molar-refractivity contribution in [2.75, 3.05) is 39.3 Å². The van der Waals surface area contributed by atoms with Gasteiger partial charge >= 0.3 is 6.03 Å². The number of aryl methyl sites for hydroxylation is 1. The van der Waals surface area contributed by atoms with Crippen molar-refractivity contribution in [2.24, 2.45) is 0 Å². The summed E-state index contributed by atoms with van der Waals surface area (Å²) in [6.07, 6.45) is 9.94. The lowest BCUT2D eigenvalue weighted by Gasteiger charge is -2.48. The zero-order valence-corrected chi connectivity index (χ0v) is 17.1. The highest BCUT2D eigenvalue weighted by atomic mass is 16.5. The van der Waals surface area contributed by atoms with Crippen LogP contribution in [0, 0.1) is 6.92 Å². The molecule has 4 rings (SSSR count). The van der Waals surface area contributed by atoms with E-state index in [0.717, 1.165) is 12.4 Å². The van der Waals surface area contributed by atoms with Gasteiger partial charge in [-0.2, -0.15) is 5.10 Å². The van der Waals surface area contributed by atoms with Gasteiger partial charge in [-0.3, -0.25) is 10.00 Å². The lowest BCUT2D eigenvalue weighted by atomic mass is 9.79. The lowest BCUT2D eigenvalue weighted by molar-refractivity contribution is -0.0211. The first kappa shape index (κ1) is 19.6. The minimum atomic E-state index is -0.254. The summed E-state index contributed by atoms with van der Waals surface area (Å²) in [4.78, 5) is 21.8. The normalized spacial score (nSPS) is 26.2. The summed E-state index contributed by atoms with van der Waals surface area (Å²) in [5.41, 5.74) is 0.154. The van der Waals surface area contributed by atoms with Crippen molar-refractivity contribution < 1.29 is 9.53 Å². The van der Waals surface area contributed by atoms with Crippen molar-refractivity contribution in [3.63, 3.8) is 0 Å². The largest absolute Gasteiger partial charge is 0.366 e. The highest BCUT2D eigenvalue weighted by Crippen LogP contribution is 2.35. The van der Waals surface area contributed by atoms with Crippen molar-refractivity contribution in [3.05, 3.63) is 11.6 Å². The summed E-state index contributed by atoms with van der Waals surface area (Å²) in [6, 6.07) is 0.0162. The molecule has 8 heteroatoms. The van der Waals surface area contributed by atoms with Crippen LogP contribution in [0.25, 0.3) is 0 Å². The second-order valence-electron chi connectivity index (χ2n) is 8.58. The number of aromatic nitrogens is 3. The average Bonchev–Trinajstić information content (AvgIpc) is 3.20. The SMILES string of the molecule is Cc1nc(C2CN(C(=O)NCC3(N4CCCCC4)CCCCC3)CCO2)n[nH]1. The van der Waals surface area contributed by atoms with Crippen LogP contribution in [-0.4, -0.2) is 75.9 Å². The van der Waals surface area contributed by atoms with Gasteiger partial charge in [0.25, 0.3) is 0 Å². The third-order valence-corrected chi connectivity index (χ3v) is 6.64. The summed E-state index contributed by atoms with van der Waals surface area (Å²) < 4.78 is 5.79. The summed E-state index contributed by atoms with van der Waals surface area (Å²) >= 11 is 0. The van der Waals surface area contributed by atoms with Crippen LogP contribution >= 0.6 is 0 Å². The molecule has 28 heavy (non-hydrogen) atoms. The maximum atomic E-state index is 12.9. The third kappa shape index (κ3) is 4.33. The van der Waals surface area contributed by atoms with Crippen LogP contribution in [-0.2, 0) is 4.74 Å². The fourth-order valence-electron chi connectivity index (χ4n) is 5.03. The van der Waals surface area contributed by atoms with Gasteiger partial charge in [-0.05, 0) is 45.7 Å². The van der Waals surface area contributed by atoms with Crippen LogP contribution < -0.4 is 5.32 Å². The molecule has 1 aromatic rings. The number of piperidine rings is 1. The number of amides is 2. The minimum absolute atomic E-state index is 0.0162. The fraction of sp³-hybridized carbons (Fsp3) is 0.850. The van der Waals surface area contributed by atoms with E-state index in [0.29, 0.717) is 25.5 Å². The molecule has 0 spiro atoms. The van der Waals surface area contributed by atoms with Gasteiger partial charge in [0, 0.05) is 18.6 Å². The Morgan fingerprint density at radius 1 is 1.18 bits per heavy atom. The van der Waals surface area contributed by atoms with E-state index in [1.165, 1.54) is 64.5 Å². The van der Waals surface area contributed by atoms with Gasteiger partial charge in [0.2, 0.25) is 0 Å². The third-order valence-electron chi connectivity index (χ3n) is 6.64. The molecule has 2 aliphatic heterocycles. The number of nitrogens with one attached hydrogen (secondary N) is 2. The number of hydrogen-bond acceptors (Lipinski definition) is 5. The topological polar surface area (TPSA) is 86.4 Å². The molecule has 1 atom stereocenters. The molecule has 3 heterocycles. The van der Waals surface area contributed by atoms with E-state index in [2.05, 4.69) is 25.4 Å². The Hall–Kier alpha value is -1.67. The minimum Gasteiger partial charge on any atom is -0.366 e. The molecule has 156 valence electrons. The molecule has 1 unspecified atom stereocenters. The first-order valence-corrected chi connectivity index (χ1v) is 10.9. The molecule has 3 aliphatic rings. The number of aromatic amines is 1. The highest BCUT2D eigenvalue weighted by Gasteiger charge is 2.39. The number of H-pyrrole nitrogens is 1. The number of likely N-dealkylation sites (tertiary alicyclic amines) is 1. The summed E-state index contributed by atoms with van der Waals surface area (Å²) in [6.45, 7) is 6.62. The number of carbonyl (C=O) groups is 1. The van der Waals surface area contributed by atoms with Crippen LogP contribution in [0.4, 0.5) is 4.79 Å². The number of morpholine rings is 1. The second-order valence-corrected chi connectivity index (χ2v) is 8.58. The number of hydrogen-bond donors (Lipinski definition) is 2. The Labute approximate surface area is 167 Å². The molecule has 3 fully saturated rings. The first-order valence-electron chi connectivity index (χ1n) is 10.9. The standard InChI is InChI=1S/C20H34N6O2/c1-16-22-18(24-23-16)17-14-25(12-13-28-17)19(27)21-15-20(8-4-2-5-9-20)26-10-6-3-7-11-26/h17H,2-15H2,1H3,(H,21,27)(H,22,23,24). The van der Waals surface area contributed by atoms with Crippen LogP contribution in [0.5, 0.6) is 0 Å². The molecule has 2 N–H and O–H groups in total. The van der Waals surface area contributed by atoms with E-state index in [-0.39, 0.29) is 17.7 Å². The Kier molecular flexibility index (Phi) is 6.16. The van der Waals surface area contributed by atoms with E-state index in [1.54, 1.807) is 0 Å². The maximum absolute atomic E-state index is 12.9. The molecular formula is C20H34N6O2. The van der Waals surface area contributed by atoms with Crippen molar-refractivity contribution in [1.29, 1.82) is 0 Å². The Bertz CT molecular complexity index is 651. The number of urea groups is 1. The van der Waals surface area contributed by atoms with E-state index in [4.69, 9.17) is 4.74 Å². The first-order chi connectivity index (χ1) is 13.7. The monoisotopic (exact) mass is 390 g/mol. The van der Waals surface area contributed by atoms with Crippen LogP contribution in [0.3, 0.4) is 0 Å². The van der Waals surface area contributed by atoms with Crippen LogP contribution in [0.15, 0.2) is 0 Å². The molecule has 0 radical (unpaired) electrons. The molecule has 1 aliphatic carbocycles. The van der Waals surface area contributed by atoms with Crippen molar-refractivity contribution in [1.82, 2.24) is 30.3 Å². The van der Waals surface area contributed by atoms with Gasteiger partial charge in [0.05, 0.1) is 13.2 Å². The summed E-state index contributed by atoms with van der Waals surface area (Å²) in [5.74, 6) is 1.40. The van der Waals surface area contributed by atoms with Gasteiger partial charge in [-0.25, -0.2) is 9.78 Å². The molecule has 2 saturated heterocycles. The van der Waals surface area contributed by atoms with E-state index >= 15 is 0 Å². The average molecular weight is 391 g/mol. The molecule has 0 aromatic carbocycles. The van der Waals surface area contributed by atoms with Gasteiger partial charge in [0.15, 0.2) is 5.82 Å². The van der Waals surface area contributed by atoms with E-state index in [9.17, 15) is 4.79 Å². The van der Waals surface area contributed by atoms with Crippen molar-refractivity contribution >= 4 is 6.03 Å². The molecule has 1 saturated carbocycles. The molecule has 0 bridgehead atoms. The quantitative estimate of drug-likeness (QED) is 0.824. The smallest absolute Gasteiger partial charge is 0.317 e. The molecule has 1 aromatic heterocycles. The molecular weight excluding hydrogens is 356 g/mol. The Morgan fingerprint density at radius 3 is 2.64 bits per heavy atom. The Balaban J connectivity index is 1.36. The van der Waals surface area contributed by atoms with Gasteiger partial charge in [-0.15, -0.1) is 0 Å². The van der Waals surface area contributed by atoms with Crippen LogP contribution in [0.2, 0.25) is 0 Å². The number of nitrogens with zero attached hydrogens (tertiary/aromatic N) is 4. The van der Waals surface area contributed by atoms with Gasteiger partial charge < -0.3 is 15.0 Å². The van der Waals surface area contributed by atoms with E-state index < -0.39 is 0 Å². The fourth-order valence-corrected chi connectivity index (χ4v) is 5.03. The summed E-state index contributed by atoms with van der Waals surface area (Å²) in [5, 5.41) is 10.3. The number of rotatable bonds is 4.